The summed E-state index contributed by atoms with van der Waals surface area (Å²) in [5.41, 5.74) is 0.606. The summed E-state index contributed by atoms with van der Waals surface area (Å²) >= 11 is 0. The van der Waals surface area contributed by atoms with Gasteiger partial charge in [0.15, 0.2) is 11.5 Å². The van der Waals surface area contributed by atoms with Crippen molar-refractivity contribution in [3.05, 3.63) is 23.8 Å². The van der Waals surface area contributed by atoms with Gasteiger partial charge < -0.3 is 38.3 Å². The molecule has 1 heterocycles. The number of fused-ring (bicyclic) bond motifs is 1. The van der Waals surface area contributed by atoms with Gasteiger partial charge in [-0.2, -0.15) is 0 Å². The van der Waals surface area contributed by atoms with Gasteiger partial charge in [0.05, 0.1) is 26.4 Å². The van der Waals surface area contributed by atoms with E-state index in [0.717, 1.165) is 45.2 Å². The van der Waals surface area contributed by atoms with Gasteiger partial charge in [-0.25, -0.2) is 0 Å². The Bertz CT molecular complexity index is 661. The van der Waals surface area contributed by atoms with Crippen molar-refractivity contribution in [3.63, 3.8) is 0 Å². The highest BCUT2D eigenvalue weighted by molar-refractivity contribution is 5.76. The molecule has 2 rings (SSSR count). The van der Waals surface area contributed by atoms with Crippen molar-refractivity contribution in [1.82, 2.24) is 0 Å². The quantitative estimate of drug-likeness (QED) is 0.198. The number of ether oxygens (including phenoxy) is 6. The Morgan fingerprint density at radius 3 is 1.86 bits per heavy atom. The van der Waals surface area contributed by atoms with Crippen LogP contribution >= 0.6 is 0 Å². The number of unbranched alkanes of at least 4 members (excludes halogenated alkanes) is 2. The zero-order valence-electron chi connectivity index (χ0n) is 21.2. The minimum absolute atomic E-state index is 0.248. The topological polar surface area (TPSA) is 113 Å². The number of rotatable bonds is 20. The molecule has 0 saturated heterocycles. The molecule has 0 unspecified atom stereocenters. The fourth-order valence-corrected chi connectivity index (χ4v) is 2.95. The number of carboxylic acid groups (broad SMARTS) is 1. The van der Waals surface area contributed by atoms with E-state index in [2.05, 4.69) is 13.8 Å². The second-order valence-electron chi connectivity index (χ2n) is 7.98. The van der Waals surface area contributed by atoms with Crippen LogP contribution in [0.5, 0.6) is 11.5 Å². The molecule has 1 aromatic rings. The van der Waals surface area contributed by atoms with Crippen molar-refractivity contribution in [2.75, 3.05) is 59.6 Å². The van der Waals surface area contributed by atoms with Crippen molar-refractivity contribution >= 4 is 12.3 Å². The lowest BCUT2D eigenvalue weighted by Crippen LogP contribution is -2.33. The Morgan fingerprint density at radius 1 is 0.857 bits per heavy atom. The summed E-state index contributed by atoms with van der Waals surface area (Å²) in [5.74, 6) is -0.224. The normalized spacial score (nSPS) is 11.9. The zero-order valence-corrected chi connectivity index (χ0v) is 21.2. The number of carbonyl (C=O) groups is 2. The Kier molecular flexibility index (Phi) is 18.6. The standard InChI is InChI=1S/C18H36O6.C8H6O3/c1-3-5-9-21-13-15-23-11-7-17(18(19)20)8-12-24-16-14-22-10-6-4-2;9-4-6-1-2-7-8(3-6)11-5-10-7/h17H,3-16H2,1-2H3,(H,19,20);1-4H,5H2/p-1. The van der Waals surface area contributed by atoms with Crippen LogP contribution in [0.1, 0.15) is 62.7 Å². The zero-order chi connectivity index (χ0) is 25.6. The molecule has 0 fully saturated rings. The summed E-state index contributed by atoms with van der Waals surface area (Å²) in [7, 11) is 0. The summed E-state index contributed by atoms with van der Waals surface area (Å²) < 4.78 is 31.7. The lowest BCUT2D eigenvalue weighted by atomic mass is 10.0. The second kappa shape index (κ2) is 21.1. The van der Waals surface area contributed by atoms with Crippen LogP contribution in [0.25, 0.3) is 0 Å². The fourth-order valence-electron chi connectivity index (χ4n) is 2.95. The van der Waals surface area contributed by atoms with Gasteiger partial charge in [0.2, 0.25) is 6.79 Å². The van der Waals surface area contributed by atoms with Crippen molar-refractivity contribution < 1.29 is 43.1 Å². The molecular weight excluding hydrogens is 456 g/mol. The predicted octanol–water partition coefficient (Wildman–Crippen LogP) is 3.03. The maximum Gasteiger partial charge on any atom is 0.231 e. The largest absolute Gasteiger partial charge is 0.550 e. The highest BCUT2D eigenvalue weighted by Gasteiger charge is 2.12. The van der Waals surface area contributed by atoms with Gasteiger partial charge in [-0.15, -0.1) is 0 Å². The SMILES string of the molecule is CCCCOCCOCCC(CCOCCOCCCC)C(=O)[O-].O=Cc1ccc2c(c1)OCO2. The number of hydrogen-bond donors (Lipinski definition) is 0. The second-order valence-corrected chi connectivity index (χ2v) is 7.98. The van der Waals surface area contributed by atoms with Gasteiger partial charge in [-0.05, 0) is 43.9 Å². The van der Waals surface area contributed by atoms with E-state index >= 15 is 0 Å². The lowest BCUT2D eigenvalue weighted by Gasteiger charge is -2.18. The Hall–Kier alpha value is -2.20. The molecule has 0 N–H and O–H groups in total. The van der Waals surface area contributed by atoms with Crippen LogP contribution < -0.4 is 14.6 Å². The Balaban J connectivity index is 0.000000453. The predicted molar refractivity (Wildman–Crippen MR) is 129 cm³/mol. The monoisotopic (exact) mass is 497 g/mol. The van der Waals surface area contributed by atoms with Gasteiger partial charge in [0.25, 0.3) is 0 Å². The van der Waals surface area contributed by atoms with Crippen LogP contribution in [-0.4, -0.2) is 71.9 Å². The number of carboxylic acids is 1. The lowest BCUT2D eigenvalue weighted by molar-refractivity contribution is -0.312. The van der Waals surface area contributed by atoms with E-state index in [4.69, 9.17) is 28.4 Å². The van der Waals surface area contributed by atoms with Crippen LogP contribution in [0.15, 0.2) is 18.2 Å². The highest BCUT2D eigenvalue weighted by atomic mass is 16.7. The van der Waals surface area contributed by atoms with Crippen molar-refractivity contribution in [1.29, 1.82) is 0 Å². The third kappa shape index (κ3) is 15.4. The molecule has 200 valence electrons. The molecular formula is C26H41O9-. The first-order valence-electron chi connectivity index (χ1n) is 12.5. The molecule has 0 atom stereocenters. The summed E-state index contributed by atoms with van der Waals surface area (Å²) in [6, 6.07) is 5.09. The third-order valence-corrected chi connectivity index (χ3v) is 5.12. The molecule has 0 aromatic heterocycles. The molecule has 0 bridgehead atoms. The molecule has 0 amide bonds. The Labute approximate surface area is 209 Å². The highest BCUT2D eigenvalue weighted by Crippen LogP contribution is 2.31. The van der Waals surface area contributed by atoms with Crippen molar-refractivity contribution in [3.8, 4) is 11.5 Å². The minimum atomic E-state index is -1.04. The van der Waals surface area contributed by atoms with E-state index in [0.29, 0.717) is 69.5 Å². The summed E-state index contributed by atoms with van der Waals surface area (Å²) in [6.45, 7) is 8.87. The van der Waals surface area contributed by atoms with Gasteiger partial charge in [-0.1, -0.05) is 26.7 Å². The van der Waals surface area contributed by atoms with E-state index in [1.807, 2.05) is 0 Å². The number of aliphatic carboxylic acids is 1. The molecule has 0 radical (unpaired) electrons. The molecule has 1 aromatic carbocycles. The van der Waals surface area contributed by atoms with E-state index in [1.165, 1.54) is 0 Å². The molecule has 9 heteroatoms. The van der Waals surface area contributed by atoms with E-state index in [9.17, 15) is 14.7 Å². The van der Waals surface area contributed by atoms with Gasteiger partial charge in [0, 0.05) is 43.9 Å². The number of hydrogen-bond acceptors (Lipinski definition) is 9. The van der Waals surface area contributed by atoms with Crippen LogP contribution in [0.4, 0.5) is 0 Å². The van der Waals surface area contributed by atoms with Gasteiger partial charge >= 0.3 is 0 Å². The molecule has 35 heavy (non-hydrogen) atoms. The smallest absolute Gasteiger partial charge is 0.231 e. The Morgan fingerprint density at radius 2 is 1.37 bits per heavy atom. The molecule has 0 saturated carbocycles. The van der Waals surface area contributed by atoms with Crippen molar-refractivity contribution in [2.24, 2.45) is 5.92 Å². The summed E-state index contributed by atoms with van der Waals surface area (Å²) in [5, 5.41) is 11.1. The molecule has 1 aliphatic heterocycles. The molecule has 1 aliphatic rings. The molecule has 9 nitrogen and oxygen atoms in total. The maximum absolute atomic E-state index is 11.1. The third-order valence-electron chi connectivity index (χ3n) is 5.12. The maximum atomic E-state index is 11.1. The molecule has 0 spiro atoms. The summed E-state index contributed by atoms with van der Waals surface area (Å²) in [4.78, 5) is 21.4. The first kappa shape index (κ1) is 30.8. The van der Waals surface area contributed by atoms with Crippen molar-refractivity contribution in [2.45, 2.75) is 52.4 Å². The van der Waals surface area contributed by atoms with E-state index < -0.39 is 11.9 Å². The van der Waals surface area contributed by atoms with Gasteiger partial charge in [0.1, 0.15) is 6.29 Å². The van der Waals surface area contributed by atoms with Crippen LogP contribution in [0, 0.1) is 5.92 Å². The fraction of sp³-hybridized carbons (Fsp3) is 0.692. The average molecular weight is 498 g/mol. The van der Waals surface area contributed by atoms with Gasteiger partial charge in [-0.3, -0.25) is 4.79 Å². The summed E-state index contributed by atoms with van der Waals surface area (Å²) in [6.07, 6.45) is 5.98. The van der Waals surface area contributed by atoms with Crippen LogP contribution in [0.3, 0.4) is 0 Å². The van der Waals surface area contributed by atoms with Crippen LogP contribution in [-0.2, 0) is 23.7 Å². The first-order valence-corrected chi connectivity index (χ1v) is 12.5. The van der Waals surface area contributed by atoms with Crippen LogP contribution in [0.2, 0.25) is 0 Å². The number of carbonyl (C=O) groups excluding carboxylic acids is 2. The number of aldehydes is 1. The minimum Gasteiger partial charge on any atom is -0.550 e. The first-order chi connectivity index (χ1) is 17.1. The average Bonchev–Trinajstić information content (AvgIpc) is 3.34. The van der Waals surface area contributed by atoms with E-state index in [-0.39, 0.29) is 6.79 Å². The number of benzene rings is 1. The molecule has 0 aliphatic carbocycles. The van der Waals surface area contributed by atoms with E-state index in [1.54, 1.807) is 18.2 Å².